The molecule has 1 fully saturated rings. The van der Waals surface area contributed by atoms with E-state index in [1.165, 1.54) is 12.1 Å². The Morgan fingerprint density at radius 2 is 2.00 bits per heavy atom. The number of aryl methyl sites for hydroxylation is 1. The van der Waals surface area contributed by atoms with Crippen LogP contribution in [0, 0.1) is 18.6 Å². The largest absolute Gasteiger partial charge is 0.345 e. The minimum Gasteiger partial charge on any atom is -0.345 e. The highest BCUT2D eigenvalue weighted by molar-refractivity contribution is 7.13. The molecule has 1 aliphatic rings. The molecule has 0 spiro atoms. The number of aromatic nitrogens is 1. The van der Waals surface area contributed by atoms with E-state index in [1.54, 1.807) is 23.2 Å². The number of amides is 2. The number of carbonyl (C=O) groups excluding carboxylic acids is 1. The van der Waals surface area contributed by atoms with Gasteiger partial charge in [-0.15, -0.1) is 11.3 Å². The fourth-order valence-electron chi connectivity index (χ4n) is 2.79. The zero-order chi connectivity index (χ0) is 18.0. The Balaban J connectivity index is 1.55. The first kappa shape index (κ1) is 17.6. The van der Waals surface area contributed by atoms with Gasteiger partial charge in [0.1, 0.15) is 11.6 Å². The van der Waals surface area contributed by atoms with Gasteiger partial charge in [0.2, 0.25) is 0 Å². The standard InChI is InChI=1S/C17H20F2N4OS/c1-11-10-25-17(20-11)23-7-5-22(6-8-23)16(24)21-12(2)14-4-3-13(18)9-15(14)19/h3-4,9-10,12H,5-8H2,1-2H3,(H,21,24)/t12-/m0/s1. The molecule has 1 atom stereocenters. The molecule has 8 heteroatoms. The van der Waals surface area contributed by atoms with Crippen molar-refractivity contribution in [3.05, 3.63) is 46.5 Å². The highest BCUT2D eigenvalue weighted by atomic mass is 32.1. The lowest BCUT2D eigenvalue weighted by atomic mass is 10.1. The van der Waals surface area contributed by atoms with Crippen molar-refractivity contribution >= 4 is 22.5 Å². The van der Waals surface area contributed by atoms with Crippen LogP contribution in [0.2, 0.25) is 0 Å². The summed E-state index contributed by atoms with van der Waals surface area (Å²) in [4.78, 5) is 20.7. The fourth-order valence-corrected chi connectivity index (χ4v) is 3.65. The maximum absolute atomic E-state index is 13.8. The first-order valence-electron chi connectivity index (χ1n) is 8.11. The Bertz CT molecular complexity index is 759. The second-order valence-electron chi connectivity index (χ2n) is 6.08. The number of halogens is 2. The Kier molecular flexibility index (Phi) is 5.17. The first-order valence-corrected chi connectivity index (χ1v) is 8.99. The Labute approximate surface area is 149 Å². The molecule has 1 aromatic heterocycles. The van der Waals surface area contributed by atoms with Gasteiger partial charge in [-0.2, -0.15) is 0 Å². The van der Waals surface area contributed by atoms with Crippen molar-refractivity contribution in [2.75, 3.05) is 31.1 Å². The Morgan fingerprint density at radius 1 is 1.28 bits per heavy atom. The molecule has 2 amide bonds. The predicted octanol–water partition coefficient (Wildman–Crippen LogP) is 3.32. The summed E-state index contributed by atoms with van der Waals surface area (Å²) in [7, 11) is 0. The van der Waals surface area contributed by atoms with Gasteiger partial charge >= 0.3 is 6.03 Å². The SMILES string of the molecule is Cc1csc(N2CCN(C(=O)N[C@@H](C)c3ccc(F)cc3F)CC2)n1. The van der Waals surface area contributed by atoms with Crippen LogP contribution in [0.4, 0.5) is 18.7 Å². The summed E-state index contributed by atoms with van der Waals surface area (Å²) in [5.41, 5.74) is 1.27. The van der Waals surface area contributed by atoms with Gasteiger partial charge in [0.15, 0.2) is 5.13 Å². The van der Waals surface area contributed by atoms with Gasteiger partial charge in [-0.05, 0) is 19.9 Å². The maximum Gasteiger partial charge on any atom is 0.317 e. The van der Waals surface area contributed by atoms with Crippen LogP contribution in [0.1, 0.15) is 24.2 Å². The summed E-state index contributed by atoms with van der Waals surface area (Å²) >= 11 is 1.60. The highest BCUT2D eigenvalue weighted by Crippen LogP contribution is 2.22. The molecule has 0 bridgehead atoms. The smallest absolute Gasteiger partial charge is 0.317 e. The lowest BCUT2D eigenvalue weighted by Gasteiger charge is -2.35. The van der Waals surface area contributed by atoms with E-state index in [4.69, 9.17) is 0 Å². The molecule has 1 saturated heterocycles. The average molecular weight is 366 g/mol. The van der Waals surface area contributed by atoms with Crippen LogP contribution in [-0.4, -0.2) is 42.1 Å². The summed E-state index contributed by atoms with van der Waals surface area (Å²) in [6.45, 7) is 6.20. The molecule has 2 heterocycles. The summed E-state index contributed by atoms with van der Waals surface area (Å²) in [6.07, 6.45) is 0. The van der Waals surface area contributed by atoms with Gasteiger partial charge in [0.05, 0.1) is 11.7 Å². The Hall–Kier alpha value is -2.22. The molecule has 0 aliphatic carbocycles. The number of nitrogens with zero attached hydrogens (tertiary/aromatic N) is 3. The van der Waals surface area contributed by atoms with Gasteiger partial charge in [0.25, 0.3) is 0 Å². The molecule has 1 aliphatic heterocycles. The average Bonchev–Trinajstić information content (AvgIpc) is 3.01. The number of thiazole rings is 1. The van der Waals surface area contributed by atoms with E-state index >= 15 is 0 Å². The number of benzene rings is 1. The third-order valence-corrected chi connectivity index (χ3v) is 5.23. The van der Waals surface area contributed by atoms with E-state index in [9.17, 15) is 13.6 Å². The van der Waals surface area contributed by atoms with Gasteiger partial charge < -0.3 is 15.1 Å². The third kappa shape index (κ3) is 4.07. The van der Waals surface area contributed by atoms with Crippen LogP contribution in [0.3, 0.4) is 0 Å². The molecule has 134 valence electrons. The number of anilines is 1. The Morgan fingerprint density at radius 3 is 2.60 bits per heavy atom. The molecule has 0 unspecified atom stereocenters. The molecular weight excluding hydrogens is 346 g/mol. The molecule has 0 saturated carbocycles. The first-order chi connectivity index (χ1) is 11.9. The zero-order valence-electron chi connectivity index (χ0n) is 14.1. The number of urea groups is 1. The second-order valence-corrected chi connectivity index (χ2v) is 6.92. The minimum atomic E-state index is -0.656. The van der Waals surface area contributed by atoms with E-state index in [2.05, 4.69) is 15.2 Å². The van der Waals surface area contributed by atoms with Crippen molar-refractivity contribution in [1.29, 1.82) is 0 Å². The summed E-state index contributed by atoms with van der Waals surface area (Å²) in [5.74, 6) is -1.29. The van der Waals surface area contributed by atoms with E-state index in [0.717, 1.165) is 16.9 Å². The van der Waals surface area contributed by atoms with Crippen molar-refractivity contribution in [3.8, 4) is 0 Å². The molecule has 25 heavy (non-hydrogen) atoms. The maximum atomic E-state index is 13.8. The van der Waals surface area contributed by atoms with Gasteiger partial charge in [0, 0.05) is 43.2 Å². The van der Waals surface area contributed by atoms with Crippen LogP contribution in [0.25, 0.3) is 0 Å². The number of carbonyl (C=O) groups is 1. The summed E-state index contributed by atoms with van der Waals surface area (Å²) in [6, 6.07) is 2.60. The number of hydrogen-bond donors (Lipinski definition) is 1. The number of piperazine rings is 1. The van der Waals surface area contributed by atoms with Gasteiger partial charge in [-0.1, -0.05) is 6.07 Å². The third-order valence-electron chi connectivity index (χ3n) is 4.21. The lowest BCUT2D eigenvalue weighted by Crippen LogP contribution is -2.52. The number of rotatable bonds is 3. The zero-order valence-corrected chi connectivity index (χ0v) is 14.9. The minimum absolute atomic E-state index is 0.244. The van der Waals surface area contributed by atoms with Crippen LogP contribution in [0.5, 0.6) is 0 Å². The molecular formula is C17H20F2N4OS. The molecule has 5 nitrogen and oxygen atoms in total. The van der Waals surface area contributed by atoms with Crippen molar-refractivity contribution in [2.24, 2.45) is 0 Å². The summed E-state index contributed by atoms with van der Waals surface area (Å²) < 4.78 is 26.8. The molecule has 2 aromatic rings. The van der Waals surface area contributed by atoms with Crippen molar-refractivity contribution in [2.45, 2.75) is 19.9 Å². The summed E-state index contributed by atoms with van der Waals surface area (Å²) in [5, 5.41) is 5.76. The van der Waals surface area contributed by atoms with Crippen LogP contribution in [-0.2, 0) is 0 Å². The number of hydrogen-bond acceptors (Lipinski definition) is 4. The molecule has 3 rings (SSSR count). The monoisotopic (exact) mass is 366 g/mol. The van der Waals surface area contributed by atoms with E-state index in [-0.39, 0.29) is 11.6 Å². The second kappa shape index (κ2) is 7.35. The molecule has 1 aromatic carbocycles. The molecule has 1 N–H and O–H groups in total. The highest BCUT2D eigenvalue weighted by Gasteiger charge is 2.24. The predicted molar refractivity (Wildman–Crippen MR) is 93.9 cm³/mol. The van der Waals surface area contributed by atoms with E-state index in [1.807, 2.05) is 12.3 Å². The van der Waals surface area contributed by atoms with E-state index < -0.39 is 17.7 Å². The van der Waals surface area contributed by atoms with Crippen LogP contribution in [0.15, 0.2) is 23.6 Å². The van der Waals surface area contributed by atoms with Crippen molar-refractivity contribution < 1.29 is 13.6 Å². The molecule has 0 radical (unpaired) electrons. The van der Waals surface area contributed by atoms with Gasteiger partial charge in [-0.25, -0.2) is 18.6 Å². The fraction of sp³-hybridized carbons (Fsp3) is 0.412. The normalized spacial score (nSPS) is 16.0. The lowest BCUT2D eigenvalue weighted by molar-refractivity contribution is 0.191. The van der Waals surface area contributed by atoms with E-state index in [0.29, 0.717) is 26.2 Å². The quantitative estimate of drug-likeness (QED) is 0.907. The van der Waals surface area contributed by atoms with Crippen molar-refractivity contribution in [3.63, 3.8) is 0 Å². The van der Waals surface area contributed by atoms with Gasteiger partial charge in [-0.3, -0.25) is 0 Å². The van der Waals surface area contributed by atoms with Crippen LogP contribution >= 0.6 is 11.3 Å². The number of nitrogens with one attached hydrogen (secondary N) is 1. The topological polar surface area (TPSA) is 48.5 Å². The van der Waals surface area contributed by atoms with Crippen LogP contribution < -0.4 is 10.2 Å². The van der Waals surface area contributed by atoms with Crippen molar-refractivity contribution in [1.82, 2.24) is 15.2 Å².